The van der Waals surface area contributed by atoms with Crippen molar-refractivity contribution in [2.75, 3.05) is 50.7 Å². The van der Waals surface area contributed by atoms with E-state index in [-0.39, 0.29) is 47.9 Å². The van der Waals surface area contributed by atoms with Gasteiger partial charge in [0.05, 0.1) is 54.7 Å². The maximum Gasteiger partial charge on any atom is 0.337 e. The van der Waals surface area contributed by atoms with Gasteiger partial charge in [0.2, 0.25) is 16.3 Å². The van der Waals surface area contributed by atoms with Crippen LogP contribution in [0.2, 0.25) is 5.02 Å². The Morgan fingerprint density at radius 3 is 2.32 bits per heavy atom. The number of sulfonamides is 1. The Morgan fingerprint density at radius 2 is 1.66 bits per heavy atom. The number of benzene rings is 4. The number of esters is 1. The molecule has 292 valence electrons. The summed E-state index contributed by atoms with van der Waals surface area (Å²) in [6.07, 6.45) is 0.857. The number of aliphatic hydroxyl groups is 1. The number of imide groups is 1. The van der Waals surface area contributed by atoms with E-state index in [1.165, 1.54) is 50.6 Å². The smallest absolute Gasteiger partial charge is 0.337 e. The fraction of sp³-hybridized carbons (Fsp3) is 0.250. The number of allylic oxidation sites excluding steroid dienone is 1. The third-order valence-corrected chi connectivity index (χ3v) is 11.4. The van der Waals surface area contributed by atoms with Crippen molar-refractivity contribution in [1.82, 2.24) is 4.31 Å². The number of methoxy groups -OCH3 is 2. The first-order chi connectivity index (χ1) is 26.8. The van der Waals surface area contributed by atoms with Crippen LogP contribution in [0.1, 0.15) is 54.5 Å². The Bertz CT molecular complexity index is 2300. The zero-order chi connectivity index (χ0) is 40.1. The summed E-state index contributed by atoms with van der Waals surface area (Å²) in [5, 5.41) is 12.8. The minimum Gasteiger partial charge on any atom is -0.497 e. The first-order valence-electron chi connectivity index (χ1n) is 17.4. The third kappa shape index (κ3) is 8.46. The number of fused-ring (bicyclic) bond motifs is 1. The van der Waals surface area contributed by atoms with Gasteiger partial charge in [-0.3, -0.25) is 14.4 Å². The summed E-state index contributed by atoms with van der Waals surface area (Å²) < 4.78 is 49.9. The number of rotatable bonds is 14. The molecule has 4 aromatic carbocycles. The molecule has 4 aromatic rings. The molecule has 16 heteroatoms. The molecule has 0 spiro atoms. The van der Waals surface area contributed by atoms with Gasteiger partial charge >= 0.3 is 5.97 Å². The van der Waals surface area contributed by atoms with E-state index in [2.05, 4.69) is 5.32 Å². The largest absolute Gasteiger partial charge is 0.497 e. The van der Waals surface area contributed by atoms with E-state index in [4.69, 9.17) is 30.5 Å². The molecule has 2 atom stereocenters. The molecule has 0 fully saturated rings. The molecule has 56 heavy (non-hydrogen) atoms. The van der Waals surface area contributed by atoms with E-state index < -0.39 is 52.5 Å². The molecule has 0 bridgehead atoms. The Balaban J connectivity index is 1.19. The van der Waals surface area contributed by atoms with Crippen LogP contribution in [-0.4, -0.2) is 88.3 Å². The van der Waals surface area contributed by atoms with Gasteiger partial charge in [-0.25, -0.2) is 18.1 Å². The number of hydrogen-bond donors (Lipinski definition) is 2. The van der Waals surface area contributed by atoms with Crippen molar-refractivity contribution in [2.24, 2.45) is 0 Å². The highest BCUT2D eigenvalue weighted by Crippen LogP contribution is 2.35. The van der Waals surface area contributed by atoms with Gasteiger partial charge in [0, 0.05) is 36.1 Å². The van der Waals surface area contributed by atoms with Gasteiger partial charge in [-0.2, -0.15) is 4.31 Å². The summed E-state index contributed by atoms with van der Waals surface area (Å²) in [5.74, 6) is -2.16. The number of halogens is 1. The average Bonchev–Trinajstić information content (AvgIpc) is 3.44. The van der Waals surface area contributed by atoms with E-state index in [0.29, 0.717) is 33.3 Å². The molecule has 2 unspecified atom stereocenters. The van der Waals surface area contributed by atoms with E-state index in [0.717, 1.165) is 14.8 Å². The summed E-state index contributed by atoms with van der Waals surface area (Å²) in [4.78, 5) is 53.2. The maximum atomic E-state index is 13.7. The molecule has 3 amide bonds. The predicted molar refractivity (Wildman–Crippen MR) is 205 cm³/mol. The summed E-state index contributed by atoms with van der Waals surface area (Å²) >= 11 is 6.07. The number of nitrogens with one attached hydrogen (secondary N) is 1. The van der Waals surface area contributed by atoms with Crippen LogP contribution in [0.15, 0.2) is 102 Å². The van der Waals surface area contributed by atoms with Gasteiger partial charge < -0.3 is 29.4 Å². The van der Waals surface area contributed by atoms with Gasteiger partial charge in [0.1, 0.15) is 5.75 Å². The Morgan fingerprint density at radius 1 is 0.946 bits per heavy atom. The zero-order valence-electron chi connectivity index (χ0n) is 30.6. The van der Waals surface area contributed by atoms with Crippen LogP contribution >= 0.6 is 11.6 Å². The highest BCUT2D eigenvalue weighted by Gasteiger charge is 2.38. The third-order valence-electron chi connectivity index (χ3n) is 9.28. The minimum atomic E-state index is -4.01. The van der Waals surface area contributed by atoms with E-state index in [1.54, 1.807) is 61.5 Å². The second-order valence-corrected chi connectivity index (χ2v) is 15.2. The molecule has 2 aliphatic heterocycles. The number of carbonyl (C=O) groups excluding carboxylic acids is 4. The fourth-order valence-electron chi connectivity index (χ4n) is 6.39. The molecule has 0 aliphatic carbocycles. The highest BCUT2D eigenvalue weighted by atomic mass is 35.5. The lowest BCUT2D eigenvalue weighted by atomic mass is 9.92. The molecule has 2 N–H and O–H groups in total. The normalized spacial score (nSPS) is 16.6. The van der Waals surface area contributed by atoms with Crippen LogP contribution < -0.4 is 15.0 Å². The number of hydrogen-bond acceptors (Lipinski definition) is 11. The van der Waals surface area contributed by atoms with Gasteiger partial charge in [0.15, 0.2) is 5.76 Å². The molecule has 6 rings (SSSR count). The van der Waals surface area contributed by atoms with Gasteiger partial charge in [-0.1, -0.05) is 23.7 Å². The second-order valence-electron chi connectivity index (χ2n) is 12.8. The van der Waals surface area contributed by atoms with E-state index in [1.807, 2.05) is 0 Å². The number of aryl methyl sites for hydroxylation is 1. The summed E-state index contributed by atoms with van der Waals surface area (Å²) in [7, 11) is -1.26. The maximum absolute atomic E-state index is 13.7. The van der Waals surface area contributed by atoms with Crippen LogP contribution in [0.3, 0.4) is 0 Å². The fourth-order valence-corrected chi connectivity index (χ4v) is 7.98. The second kappa shape index (κ2) is 17.1. The van der Waals surface area contributed by atoms with Crippen molar-refractivity contribution in [3.05, 3.63) is 130 Å². The molecule has 0 radical (unpaired) electrons. The van der Waals surface area contributed by atoms with Crippen molar-refractivity contribution in [1.29, 1.82) is 0 Å². The molecular weight excluding hydrogens is 766 g/mol. The summed E-state index contributed by atoms with van der Waals surface area (Å²) in [6, 6.07) is 21.7. The first kappa shape index (κ1) is 40.1. The molecule has 0 aromatic heterocycles. The minimum absolute atomic E-state index is 0.00919. The average molecular weight is 804 g/mol. The zero-order valence-corrected chi connectivity index (χ0v) is 32.1. The molecule has 2 aliphatic rings. The quantitative estimate of drug-likeness (QED) is 0.125. The number of amides is 3. The lowest BCUT2D eigenvalue weighted by Crippen LogP contribution is -2.37. The molecule has 14 nitrogen and oxygen atoms in total. The number of ether oxygens (including phenoxy) is 4. The van der Waals surface area contributed by atoms with E-state index in [9.17, 15) is 32.7 Å². The predicted octanol–water partition coefficient (Wildman–Crippen LogP) is 5.30. The van der Waals surface area contributed by atoms with Crippen LogP contribution in [0.5, 0.6) is 5.75 Å². The van der Waals surface area contributed by atoms with Crippen LogP contribution in [0, 0.1) is 6.92 Å². The van der Waals surface area contributed by atoms with Crippen molar-refractivity contribution in [3.63, 3.8) is 0 Å². The van der Waals surface area contributed by atoms with E-state index >= 15 is 0 Å². The number of nitrogens with zero attached hydrogens (tertiary/aromatic N) is 2. The lowest BCUT2D eigenvalue weighted by molar-refractivity contribution is -0.143. The Kier molecular flexibility index (Phi) is 12.2. The van der Waals surface area contributed by atoms with Crippen molar-refractivity contribution >= 4 is 56.7 Å². The number of aliphatic hydroxyl groups excluding tert-OH is 1. The molecule has 0 saturated heterocycles. The molecular formula is C40H38ClN3O11S. The van der Waals surface area contributed by atoms with Gasteiger partial charge in [-0.15, -0.1) is 0 Å². The Hall–Kier alpha value is -5.58. The van der Waals surface area contributed by atoms with Crippen molar-refractivity contribution in [2.45, 2.75) is 30.4 Å². The number of anilines is 2. The molecule has 0 saturated carbocycles. The monoisotopic (exact) mass is 803 g/mol. The Labute approximate surface area is 328 Å². The summed E-state index contributed by atoms with van der Waals surface area (Å²) in [6.45, 7) is 0.799. The number of carbonyl (C=O) groups is 4. The van der Waals surface area contributed by atoms with Crippen molar-refractivity contribution < 1.29 is 51.6 Å². The topological polar surface area (TPSA) is 178 Å². The first-order valence-corrected chi connectivity index (χ1v) is 19.2. The summed E-state index contributed by atoms with van der Waals surface area (Å²) in [5.41, 5.74) is 2.74. The lowest BCUT2D eigenvalue weighted by Gasteiger charge is -2.30. The van der Waals surface area contributed by atoms with Crippen LogP contribution in [0.4, 0.5) is 11.4 Å². The van der Waals surface area contributed by atoms with Crippen LogP contribution in [-0.2, 0) is 29.0 Å². The van der Waals surface area contributed by atoms with Gasteiger partial charge in [0.25, 0.3) is 17.7 Å². The SMILES string of the molecule is COC(=O)c1ccc(C2C=C(C(=O)Nc3ccc(N4C(=O)c5ccc(Cl)cc5C4=O)c(C)c3)OC(OCCN(CCO)S(=O)(=O)c3ccc(OC)cc3)C2)cc1. The van der Waals surface area contributed by atoms with Crippen LogP contribution in [0.25, 0.3) is 0 Å². The standard InChI is InChI=1S/C40H38ClN3O11S/c1-24-20-29(9-15-34(24)44-38(47)32-14-8-28(41)23-33(32)39(44)48)42-37(46)35-21-27(25-4-6-26(7-5-25)40(49)53-3)22-36(55-35)54-19-17-43(16-18-45)56(50,51)31-12-10-30(52-2)11-13-31/h4-15,20-21,23,27,36,45H,16-19,22H2,1-3H3,(H,42,46). The van der Waals surface area contributed by atoms with Gasteiger partial charge in [-0.05, 0) is 96.9 Å². The highest BCUT2D eigenvalue weighted by molar-refractivity contribution is 7.89. The van der Waals surface area contributed by atoms with Crippen molar-refractivity contribution in [3.8, 4) is 5.75 Å². The molecule has 2 heterocycles.